The van der Waals surface area contributed by atoms with Gasteiger partial charge in [-0.05, 0) is 48.0 Å². The number of nitrogens with zero attached hydrogens (tertiary/aromatic N) is 1. The number of hydrogen-bond donors (Lipinski definition) is 1. The summed E-state index contributed by atoms with van der Waals surface area (Å²) in [5.41, 5.74) is 1.67. The number of amides is 1. The Bertz CT molecular complexity index is 888. The van der Waals surface area contributed by atoms with Crippen LogP contribution in [-0.4, -0.2) is 10.9 Å². The van der Waals surface area contributed by atoms with Crippen LogP contribution in [0.4, 0.5) is 14.5 Å². The smallest absolute Gasteiger partial charge is 0.255 e. The van der Waals surface area contributed by atoms with Gasteiger partial charge in [-0.15, -0.1) is 11.8 Å². The Kier molecular flexibility index (Phi) is 5.40. The first-order valence-corrected chi connectivity index (χ1v) is 8.49. The summed E-state index contributed by atoms with van der Waals surface area (Å²) in [5, 5.41) is 3.61. The van der Waals surface area contributed by atoms with Gasteiger partial charge < -0.3 is 5.32 Å². The summed E-state index contributed by atoms with van der Waals surface area (Å²) in [5.74, 6) is -1.82. The van der Waals surface area contributed by atoms with E-state index < -0.39 is 17.5 Å². The third kappa shape index (κ3) is 4.64. The van der Waals surface area contributed by atoms with Crippen LogP contribution in [0, 0.1) is 11.6 Å². The molecule has 2 aromatic carbocycles. The van der Waals surface area contributed by atoms with Crippen molar-refractivity contribution >= 4 is 23.4 Å². The van der Waals surface area contributed by atoms with Crippen molar-refractivity contribution in [1.29, 1.82) is 0 Å². The molecule has 1 heterocycles. The molecule has 0 atom stereocenters. The summed E-state index contributed by atoms with van der Waals surface area (Å²) in [6.45, 7) is 0. The van der Waals surface area contributed by atoms with E-state index in [-0.39, 0.29) is 5.56 Å². The number of anilines is 1. The van der Waals surface area contributed by atoms with Gasteiger partial charge in [0.25, 0.3) is 5.91 Å². The molecule has 0 saturated carbocycles. The monoisotopic (exact) mass is 356 g/mol. The summed E-state index contributed by atoms with van der Waals surface area (Å²) < 4.78 is 26.2. The molecule has 126 valence electrons. The zero-order valence-electron chi connectivity index (χ0n) is 13.1. The van der Waals surface area contributed by atoms with Gasteiger partial charge in [0, 0.05) is 23.2 Å². The Morgan fingerprint density at radius 2 is 1.88 bits per heavy atom. The summed E-state index contributed by atoms with van der Waals surface area (Å²) >= 11 is 1.59. The first kappa shape index (κ1) is 17.1. The van der Waals surface area contributed by atoms with Crippen molar-refractivity contribution in [3.05, 3.63) is 89.6 Å². The minimum absolute atomic E-state index is 0.0622. The number of carbonyl (C=O) groups excluding carboxylic acids is 1. The highest BCUT2D eigenvalue weighted by molar-refractivity contribution is 7.98. The maximum absolute atomic E-state index is 13.2. The number of benzene rings is 2. The molecular weight excluding hydrogens is 342 g/mol. The number of hydrogen-bond acceptors (Lipinski definition) is 3. The van der Waals surface area contributed by atoms with Crippen LogP contribution >= 0.6 is 11.8 Å². The van der Waals surface area contributed by atoms with Gasteiger partial charge in [-0.1, -0.05) is 18.2 Å². The molecule has 6 heteroatoms. The Hall–Kier alpha value is -2.73. The Balaban J connectivity index is 1.66. The van der Waals surface area contributed by atoms with Gasteiger partial charge in [0.05, 0.1) is 5.03 Å². The summed E-state index contributed by atoms with van der Waals surface area (Å²) in [7, 11) is 0. The second kappa shape index (κ2) is 7.90. The number of aromatic nitrogens is 1. The maximum Gasteiger partial charge on any atom is 0.255 e. The molecule has 0 aliphatic heterocycles. The van der Waals surface area contributed by atoms with Crippen molar-refractivity contribution in [2.75, 3.05) is 5.32 Å². The molecule has 1 N–H and O–H groups in total. The average Bonchev–Trinajstić information content (AvgIpc) is 2.63. The van der Waals surface area contributed by atoms with Crippen molar-refractivity contribution in [3.63, 3.8) is 0 Å². The molecular formula is C19H14F2N2OS. The van der Waals surface area contributed by atoms with Crippen LogP contribution in [0.15, 0.2) is 71.9 Å². The average molecular weight is 356 g/mol. The van der Waals surface area contributed by atoms with Gasteiger partial charge in [-0.3, -0.25) is 4.79 Å². The number of pyridine rings is 1. The third-order valence-electron chi connectivity index (χ3n) is 3.39. The summed E-state index contributed by atoms with van der Waals surface area (Å²) in [4.78, 5) is 16.4. The van der Waals surface area contributed by atoms with Crippen LogP contribution in [0.2, 0.25) is 0 Å². The van der Waals surface area contributed by atoms with Crippen LogP contribution in [-0.2, 0) is 5.75 Å². The Morgan fingerprint density at radius 3 is 2.64 bits per heavy atom. The van der Waals surface area contributed by atoms with E-state index in [0.717, 1.165) is 22.7 Å². The molecule has 3 aromatic rings. The van der Waals surface area contributed by atoms with Gasteiger partial charge in [-0.25, -0.2) is 13.8 Å². The van der Waals surface area contributed by atoms with E-state index in [1.807, 2.05) is 36.4 Å². The van der Waals surface area contributed by atoms with Crippen LogP contribution < -0.4 is 5.32 Å². The quantitative estimate of drug-likeness (QED) is 0.661. The van der Waals surface area contributed by atoms with Crippen LogP contribution in [0.25, 0.3) is 0 Å². The normalized spacial score (nSPS) is 10.5. The highest BCUT2D eigenvalue weighted by Gasteiger charge is 2.10. The summed E-state index contributed by atoms with van der Waals surface area (Å²) in [6, 6.07) is 16.1. The second-order valence-corrected chi connectivity index (χ2v) is 6.24. The Morgan fingerprint density at radius 1 is 1.00 bits per heavy atom. The highest BCUT2D eigenvalue weighted by atomic mass is 32.2. The Labute approximate surface area is 148 Å². The molecule has 0 saturated heterocycles. The van der Waals surface area contributed by atoms with Crippen LogP contribution in [0.1, 0.15) is 15.9 Å². The highest BCUT2D eigenvalue weighted by Crippen LogP contribution is 2.22. The van der Waals surface area contributed by atoms with Crippen molar-refractivity contribution in [1.82, 2.24) is 4.98 Å². The van der Waals surface area contributed by atoms with Crippen molar-refractivity contribution in [2.24, 2.45) is 0 Å². The fourth-order valence-electron chi connectivity index (χ4n) is 2.17. The van der Waals surface area contributed by atoms with E-state index in [9.17, 15) is 13.6 Å². The summed E-state index contributed by atoms with van der Waals surface area (Å²) in [6.07, 6.45) is 1.74. The molecule has 0 fully saturated rings. The second-order valence-electron chi connectivity index (χ2n) is 5.24. The van der Waals surface area contributed by atoms with Crippen LogP contribution in [0.3, 0.4) is 0 Å². The SMILES string of the molecule is O=C(Nc1cccc(CSc2ccccn2)c1)c1ccc(F)c(F)c1. The third-order valence-corrected chi connectivity index (χ3v) is 4.41. The minimum atomic E-state index is -1.05. The predicted molar refractivity (Wildman–Crippen MR) is 94.6 cm³/mol. The molecule has 0 aliphatic rings. The van der Waals surface area contributed by atoms with E-state index in [0.29, 0.717) is 11.4 Å². The largest absolute Gasteiger partial charge is 0.322 e. The van der Waals surface area contributed by atoms with E-state index in [4.69, 9.17) is 0 Å². The zero-order chi connectivity index (χ0) is 17.6. The standard InChI is InChI=1S/C19H14F2N2OS/c20-16-8-7-14(11-17(16)21)19(24)23-15-5-3-4-13(10-15)12-25-18-6-1-2-9-22-18/h1-11H,12H2,(H,23,24). The molecule has 25 heavy (non-hydrogen) atoms. The van der Waals surface area contributed by atoms with E-state index >= 15 is 0 Å². The van der Waals surface area contributed by atoms with Crippen LogP contribution in [0.5, 0.6) is 0 Å². The number of thioether (sulfide) groups is 1. The molecule has 0 spiro atoms. The predicted octanol–water partition coefficient (Wildman–Crippen LogP) is 4.90. The molecule has 1 aromatic heterocycles. The molecule has 3 rings (SSSR count). The van der Waals surface area contributed by atoms with Crippen molar-refractivity contribution in [3.8, 4) is 0 Å². The topological polar surface area (TPSA) is 42.0 Å². The van der Waals surface area contributed by atoms with Gasteiger partial charge in [0.1, 0.15) is 0 Å². The fourth-order valence-corrected chi connectivity index (χ4v) is 2.97. The number of nitrogens with one attached hydrogen (secondary N) is 1. The lowest BCUT2D eigenvalue weighted by atomic mass is 10.2. The van der Waals surface area contributed by atoms with Crippen molar-refractivity contribution < 1.29 is 13.6 Å². The maximum atomic E-state index is 13.2. The van der Waals surface area contributed by atoms with E-state index in [1.54, 1.807) is 24.0 Å². The number of carbonyl (C=O) groups is 1. The number of rotatable bonds is 5. The zero-order valence-corrected chi connectivity index (χ0v) is 13.9. The fraction of sp³-hybridized carbons (Fsp3) is 0.0526. The first-order valence-electron chi connectivity index (χ1n) is 7.51. The molecule has 1 amide bonds. The lowest BCUT2D eigenvalue weighted by Crippen LogP contribution is -2.12. The van der Waals surface area contributed by atoms with Gasteiger partial charge >= 0.3 is 0 Å². The molecule has 0 unspecified atom stereocenters. The van der Waals surface area contributed by atoms with Gasteiger partial charge in [0.2, 0.25) is 0 Å². The molecule has 0 bridgehead atoms. The number of halogens is 2. The van der Waals surface area contributed by atoms with E-state index in [1.165, 1.54) is 6.07 Å². The van der Waals surface area contributed by atoms with Crippen molar-refractivity contribution in [2.45, 2.75) is 10.8 Å². The van der Waals surface area contributed by atoms with Gasteiger partial charge in [-0.2, -0.15) is 0 Å². The molecule has 0 aliphatic carbocycles. The molecule has 0 radical (unpaired) electrons. The lowest BCUT2D eigenvalue weighted by Gasteiger charge is -2.08. The van der Waals surface area contributed by atoms with E-state index in [2.05, 4.69) is 10.3 Å². The molecule has 3 nitrogen and oxygen atoms in total. The lowest BCUT2D eigenvalue weighted by molar-refractivity contribution is 0.102. The minimum Gasteiger partial charge on any atom is -0.322 e. The van der Waals surface area contributed by atoms with Gasteiger partial charge in [0.15, 0.2) is 11.6 Å². The first-order chi connectivity index (χ1) is 12.1.